The summed E-state index contributed by atoms with van der Waals surface area (Å²) in [4.78, 5) is 14.7. The molecule has 1 aromatic rings. The van der Waals surface area contributed by atoms with Crippen LogP contribution in [0, 0.1) is 5.41 Å². The highest BCUT2D eigenvalue weighted by molar-refractivity contribution is 5.94. The molecule has 3 rings (SSSR count). The van der Waals surface area contributed by atoms with Crippen LogP contribution < -0.4 is 10.5 Å². The first-order valence-corrected chi connectivity index (χ1v) is 8.85. The van der Waals surface area contributed by atoms with E-state index in [2.05, 4.69) is 13.8 Å². The zero-order valence-corrected chi connectivity index (χ0v) is 15.9. The SMILES string of the molecule is CC1(C)CN(C(=O)c2cccc(OCC3CCCO3)c2)CCC1N.Cl. The summed E-state index contributed by atoms with van der Waals surface area (Å²) >= 11 is 0. The van der Waals surface area contributed by atoms with Crippen LogP contribution in [0.3, 0.4) is 0 Å². The van der Waals surface area contributed by atoms with E-state index in [1.165, 1.54) is 0 Å². The summed E-state index contributed by atoms with van der Waals surface area (Å²) in [5.41, 5.74) is 6.79. The standard InChI is InChI=1S/C19H28N2O3.ClH/c1-19(2)13-21(9-8-17(19)20)18(22)14-5-3-6-15(11-14)24-12-16-7-4-10-23-16;/h3,5-6,11,16-17H,4,7-10,12-13,20H2,1-2H3;1H. The predicted octanol–water partition coefficient (Wildman–Crippen LogP) is 2.87. The molecule has 2 atom stereocenters. The molecule has 2 fully saturated rings. The Kier molecular flexibility index (Phi) is 6.72. The van der Waals surface area contributed by atoms with Crippen molar-refractivity contribution in [1.82, 2.24) is 4.90 Å². The third-order valence-corrected chi connectivity index (χ3v) is 5.14. The van der Waals surface area contributed by atoms with Crippen molar-refractivity contribution in [2.75, 3.05) is 26.3 Å². The highest BCUT2D eigenvalue weighted by Gasteiger charge is 2.35. The average Bonchev–Trinajstić information content (AvgIpc) is 3.08. The number of ether oxygens (including phenoxy) is 2. The van der Waals surface area contributed by atoms with Gasteiger partial charge in [0.05, 0.1) is 6.10 Å². The molecule has 2 saturated heterocycles. The van der Waals surface area contributed by atoms with Crippen molar-refractivity contribution in [1.29, 1.82) is 0 Å². The minimum Gasteiger partial charge on any atom is -0.491 e. The van der Waals surface area contributed by atoms with Gasteiger partial charge in [-0.25, -0.2) is 0 Å². The highest BCUT2D eigenvalue weighted by Crippen LogP contribution is 2.29. The molecule has 2 aliphatic rings. The first-order valence-electron chi connectivity index (χ1n) is 8.85. The Morgan fingerprint density at radius 3 is 2.88 bits per heavy atom. The molecule has 1 aromatic carbocycles. The fourth-order valence-corrected chi connectivity index (χ4v) is 3.41. The molecule has 0 bridgehead atoms. The average molecular weight is 369 g/mol. The second-order valence-corrected chi connectivity index (χ2v) is 7.58. The third kappa shape index (κ3) is 4.87. The molecule has 5 nitrogen and oxygen atoms in total. The normalized spacial score (nSPS) is 25.3. The van der Waals surface area contributed by atoms with Crippen LogP contribution in [-0.4, -0.2) is 49.3 Å². The van der Waals surface area contributed by atoms with E-state index in [9.17, 15) is 4.79 Å². The number of nitrogens with two attached hydrogens (primary N) is 1. The number of rotatable bonds is 4. The van der Waals surface area contributed by atoms with Gasteiger partial charge in [0.15, 0.2) is 0 Å². The maximum Gasteiger partial charge on any atom is 0.254 e. The summed E-state index contributed by atoms with van der Waals surface area (Å²) in [5.74, 6) is 0.780. The quantitative estimate of drug-likeness (QED) is 0.887. The Morgan fingerprint density at radius 2 is 2.20 bits per heavy atom. The van der Waals surface area contributed by atoms with E-state index in [-0.39, 0.29) is 35.9 Å². The van der Waals surface area contributed by atoms with Crippen molar-refractivity contribution in [2.45, 2.75) is 45.3 Å². The fraction of sp³-hybridized carbons (Fsp3) is 0.632. The van der Waals surface area contributed by atoms with Crippen LogP contribution in [0.4, 0.5) is 0 Å². The predicted molar refractivity (Wildman–Crippen MR) is 100 cm³/mol. The largest absolute Gasteiger partial charge is 0.491 e. The number of hydrogen-bond donors (Lipinski definition) is 1. The first kappa shape index (κ1) is 20.0. The number of piperidine rings is 1. The van der Waals surface area contributed by atoms with Crippen molar-refractivity contribution in [2.24, 2.45) is 11.1 Å². The summed E-state index contributed by atoms with van der Waals surface area (Å²) in [6.45, 7) is 7.01. The second-order valence-electron chi connectivity index (χ2n) is 7.58. The molecule has 0 radical (unpaired) electrons. The van der Waals surface area contributed by atoms with Crippen LogP contribution in [0.2, 0.25) is 0 Å². The molecular formula is C19H29ClN2O3. The summed E-state index contributed by atoms with van der Waals surface area (Å²) in [6, 6.07) is 7.59. The van der Waals surface area contributed by atoms with Crippen molar-refractivity contribution < 1.29 is 14.3 Å². The van der Waals surface area contributed by atoms with E-state index >= 15 is 0 Å². The Hall–Kier alpha value is -1.30. The lowest BCUT2D eigenvalue weighted by molar-refractivity contribution is 0.0531. The summed E-state index contributed by atoms with van der Waals surface area (Å²) in [7, 11) is 0. The molecule has 2 aliphatic heterocycles. The van der Waals surface area contributed by atoms with Crippen molar-refractivity contribution in [3.05, 3.63) is 29.8 Å². The van der Waals surface area contributed by atoms with Crippen molar-refractivity contribution >= 4 is 18.3 Å². The van der Waals surface area contributed by atoms with Crippen molar-refractivity contribution in [3.63, 3.8) is 0 Å². The molecule has 0 saturated carbocycles. The smallest absolute Gasteiger partial charge is 0.254 e. The maximum atomic E-state index is 12.8. The molecule has 0 aliphatic carbocycles. The molecule has 2 heterocycles. The fourth-order valence-electron chi connectivity index (χ4n) is 3.41. The topological polar surface area (TPSA) is 64.8 Å². The molecule has 2 N–H and O–H groups in total. The minimum absolute atomic E-state index is 0. The lowest BCUT2D eigenvalue weighted by Gasteiger charge is -2.42. The second kappa shape index (κ2) is 8.39. The number of amides is 1. The van der Waals surface area contributed by atoms with Crippen LogP contribution in [0.5, 0.6) is 5.75 Å². The van der Waals surface area contributed by atoms with E-state index < -0.39 is 0 Å². The summed E-state index contributed by atoms with van der Waals surface area (Å²) in [5, 5.41) is 0. The lowest BCUT2D eigenvalue weighted by Crippen LogP contribution is -2.53. The zero-order valence-electron chi connectivity index (χ0n) is 15.1. The van der Waals surface area contributed by atoms with Gasteiger partial charge in [0.1, 0.15) is 12.4 Å². The van der Waals surface area contributed by atoms with Crippen molar-refractivity contribution in [3.8, 4) is 5.75 Å². The van der Waals surface area contributed by atoms with E-state index in [1.54, 1.807) is 0 Å². The van der Waals surface area contributed by atoms with Gasteiger partial charge in [-0.15, -0.1) is 12.4 Å². The van der Waals surface area contributed by atoms with Gasteiger partial charge >= 0.3 is 0 Å². The minimum atomic E-state index is -0.0537. The van der Waals surface area contributed by atoms with Gasteiger partial charge in [0, 0.05) is 31.3 Å². The molecule has 140 valence electrons. The Balaban J connectivity index is 0.00000225. The van der Waals surface area contributed by atoms with Crippen LogP contribution in [0.15, 0.2) is 24.3 Å². The Labute approximate surface area is 156 Å². The Morgan fingerprint density at radius 1 is 1.40 bits per heavy atom. The van der Waals surface area contributed by atoms with Gasteiger partial charge in [-0.2, -0.15) is 0 Å². The molecule has 25 heavy (non-hydrogen) atoms. The van der Waals surface area contributed by atoms with Gasteiger partial charge in [-0.05, 0) is 42.9 Å². The number of nitrogens with zero attached hydrogens (tertiary/aromatic N) is 1. The number of likely N-dealkylation sites (tertiary alicyclic amines) is 1. The van der Waals surface area contributed by atoms with E-state index in [1.807, 2.05) is 29.2 Å². The number of carbonyl (C=O) groups is 1. The first-order chi connectivity index (χ1) is 11.5. The molecule has 2 unspecified atom stereocenters. The van der Waals surface area contributed by atoms with Gasteiger partial charge < -0.3 is 20.1 Å². The van der Waals surface area contributed by atoms with Crippen LogP contribution >= 0.6 is 12.4 Å². The van der Waals surface area contributed by atoms with E-state index in [4.69, 9.17) is 15.2 Å². The van der Waals surface area contributed by atoms with Crippen LogP contribution in [-0.2, 0) is 4.74 Å². The van der Waals surface area contributed by atoms with E-state index in [0.29, 0.717) is 25.3 Å². The molecule has 0 aromatic heterocycles. The molecular weight excluding hydrogens is 340 g/mol. The monoisotopic (exact) mass is 368 g/mol. The van der Waals surface area contributed by atoms with Gasteiger partial charge in [-0.3, -0.25) is 4.79 Å². The van der Waals surface area contributed by atoms with Gasteiger partial charge in [0.2, 0.25) is 0 Å². The highest BCUT2D eigenvalue weighted by atomic mass is 35.5. The molecule has 1 amide bonds. The number of hydrogen-bond acceptors (Lipinski definition) is 4. The number of halogens is 1. The maximum absolute atomic E-state index is 12.8. The third-order valence-electron chi connectivity index (χ3n) is 5.14. The van der Waals surface area contributed by atoms with Gasteiger partial charge in [0.25, 0.3) is 5.91 Å². The molecule has 0 spiro atoms. The zero-order chi connectivity index (χ0) is 17.2. The van der Waals surface area contributed by atoms with Crippen LogP contribution in [0.1, 0.15) is 43.5 Å². The number of benzene rings is 1. The summed E-state index contributed by atoms with van der Waals surface area (Å²) in [6.07, 6.45) is 3.16. The summed E-state index contributed by atoms with van der Waals surface area (Å²) < 4.78 is 11.4. The Bertz CT molecular complexity index is 588. The van der Waals surface area contributed by atoms with E-state index in [0.717, 1.165) is 31.6 Å². The molecule has 6 heteroatoms. The van der Waals surface area contributed by atoms with Crippen LogP contribution in [0.25, 0.3) is 0 Å². The lowest BCUT2D eigenvalue weighted by atomic mass is 9.79. The number of carbonyl (C=O) groups excluding carboxylic acids is 1. The van der Waals surface area contributed by atoms with Gasteiger partial charge in [-0.1, -0.05) is 19.9 Å².